The summed E-state index contributed by atoms with van der Waals surface area (Å²) in [5, 5.41) is 12.1. The Morgan fingerprint density at radius 3 is 2.41 bits per heavy atom. The minimum Gasteiger partial charge on any atom is -0.481 e. The van der Waals surface area contributed by atoms with Gasteiger partial charge in [0.1, 0.15) is 5.82 Å². The number of benzene rings is 1. The van der Waals surface area contributed by atoms with Gasteiger partial charge in [0, 0.05) is 24.2 Å². The van der Waals surface area contributed by atoms with Crippen molar-refractivity contribution in [1.29, 1.82) is 0 Å². The number of likely N-dealkylation sites (tertiary alicyclic amines) is 1. The number of piperidine rings is 1. The number of carboxylic acid groups (broad SMARTS) is 1. The van der Waals surface area contributed by atoms with Crippen molar-refractivity contribution in [2.45, 2.75) is 51.5 Å². The van der Waals surface area contributed by atoms with Gasteiger partial charge in [-0.15, -0.1) is 0 Å². The molecule has 1 aliphatic rings. The van der Waals surface area contributed by atoms with Crippen molar-refractivity contribution in [2.75, 3.05) is 13.1 Å². The van der Waals surface area contributed by atoms with Gasteiger partial charge in [0.05, 0.1) is 12.3 Å². The van der Waals surface area contributed by atoms with E-state index in [1.807, 2.05) is 13.8 Å². The van der Waals surface area contributed by atoms with E-state index in [1.54, 1.807) is 4.90 Å². The minimum absolute atomic E-state index is 0.128. The largest absolute Gasteiger partial charge is 0.481 e. The van der Waals surface area contributed by atoms with Gasteiger partial charge in [0.15, 0.2) is 0 Å². The molecule has 27 heavy (non-hydrogen) atoms. The van der Waals surface area contributed by atoms with Crippen LogP contribution in [0.25, 0.3) is 0 Å². The fraction of sp³-hybridized carbons (Fsp3) is 0.550. The van der Waals surface area contributed by atoms with E-state index in [0.29, 0.717) is 37.8 Å². The third-order valence-electron chi connectivity index (χ3n) is 5.40. The van der Waals surface area contributed by atoms with Gasteiger partial charge in [-0.1, -0.05) is 13.8 Å². The van der Waals surface area contributed by atoms with Crippen LogP contribution in [0.1, 0.15) is 56.3 Å². The second kappa shape index (κ2) is 8.97. The quantitative estimate of drug-likeness (QED) is 0.764. The summed E-state index contributed by atoms with van der Waals surface area (Å²) in [5.41, 5.74) is -0.383. The molecule has 1 aromatic carbocycles. The summed E-state index contributed by atoms with van der Waals surface area (Å²) in [6.45, 7) is 4.54. The summed E-state index contributed by atoms with van der Waals surface area (Å²) in [6.07, 6.45) is 2.25. The fourth-order valence-corrected chi connectivity index (χ4v) is 3.52. The van der Waals surface area contributed by atoms with Gasteiger partial charge in [-0.3, -0.25) is 14.4 Å². The molecule has 2 N–H and O–H groups in total. The maximum absolute atomic E-state index is 13.1. The van der Waals surface area contributed by atoms with Crippen LogP contribution in [-0.2, 0) is 9.59 Å². The Labute approximate surface area is 158 Å². The first-order valence-electron chi connectivity index (χ1n) is 9.39. The van der Waals surface area contributed by atoms with Crippen molar-refractivity contribution in [3.8, 4) is 0 Å². The van der Waals surface area contributed by atoms with Crippen molar-refractivity contribution < 1.29 is 23.9 Å². The van der Waals surface area contributed by atoms with Gasteiger partial charge >= 0.3 is 5.97 Å². The van der Waals surface area contributed by atoms with Crippen LogP contribution in [0.4, 0.5) is 4.39 Å². The van der Waals surface area contributed by atoms with Crippen molar-refractivity contribution >= 4 is 17.8 Å². The van der Waals surface area contributed by atoms with Gasteiger partial charge in [-0.2, -0.15) is 0 Å². The molecule has 0 aliphatic carbocycles. The summed E-state index contributed by atoms with van der Waals surface area (Å²) in [6, 6.07) is 5.36. The number of aliphatic carboxylic acids is 1. The Hall–Kier alpha value is -2.44. The molecular formula is C20H27FN2O4. The molecule has 0 bridgehead atoms. The second-order valence-corrected chi connectivity index (χ2v) is 7.14. The third-order valence-corrected chi connectivity index (χ3v) is 5.40. The van der Waals surface area contributed by atoms with E-state index >= 15 is 0 Å². The number of hydrogen-bond acceptors (Lipinski definition) is 3. The zero-order chi connectivity index (χ0) is 20.0. The number of nitrogens with zero attached hydrogens (tertiary/aromatic N) is 1. The summed E-state index contributed by atoms with van der Waals surface area (Å²) in [4.78, 5) is 38.2. The SMILES string of the molecule is CCC(CC)(CC(=O)O)NC(=O)C1CCCN(C(=O)c2ccc(F)cc2)C1. The molecule has 1 fully saturated rings. The summed E-state index contributed by atoms with van der Waals surface area (Å²) in [7, 11) is 0. The zero-order valence-electron chi connectivity index (χ0n) is 15.8. The molecule has 2 amide bonds. The standard InChI is InChI=1S/C20H27FN2O4/c1-3-20(4-2,12-17(24)25)22-18(26)15-6-5-11-23(13-15)19(27)14-7-9-16(21)10-8-14/h7-10,15H,3-6,11-13H2,1-2H3,(H,22,26)(H,24,25). The molecule has 0 radical (unpaired) electrons. The summed E-state index contributed by atoms with van der Waals surface area (Å²) in [5.74, 6) is -2.17. The van der Waals surface area contributed by atoms with Gasteiger partial charge in [-0.05, 0) is 49.9 Å². The molecule has 1 saturated heterocycles. The number of carbonyl (C=O) groups excluding carboxylic acids is 2. The zero-order valence-corrected chi connectivity index (χ0v) is 15.8. The number of hydrogen-bond donors (Lipinski definition) is 2. The molecule has 1 atom stereocenters. The highest BCUT2D eigenvalue weighted by molar-refractivity contribution is 5.94. The Bertz CT molecular complexity index is 686. The smallest absolute Gasteiger partial charge is 0.305 e. The highest BCUT2D eigenvalue weighted by Crippen LogP contribution is 2.24. The number of carboxylic acids is 1. The van der Waals surface area contributed by atoms with E-state index < -0.39 is 17.3 Å². The Balaban J connectivity index is 2.05. The summed E-state index contributed by atoms with van der Waals surface area (Å²) >= 11 is 0. The van der Waals surface area contributed by atoms with E-state index in [4.69, 9.17) is 5.11 Å². The highest BCUT2D eigenvalue weighted by atomic mass is 19.1. The van der Waals surface area contributed by atoms with Crippen molar-refractivity contribution in [2.24, 2.45) is 5.92 Å². The summed E-state index contributed by atoms with van der Waals surface area (Å²) < 4.78 is 13.1. The van der Waals surface area contributed by atoms with Crippen LogP contribution in [0.15, 0.2) is 24.3 Å². The molecule has 1 aliphatic heterocycles. The molecule has 0 spiro atoms. The second-order valence-electron chi connectivity index (χ2n) is 7.14. The van der Waals surface area contributed by atoms with E-state index in [2.05, 4.69) is 5.32 Å². The van der Waals surface area contributed by atoms with Crippen LogP contribution in [0, 0.1) is 11.7 Å². The predicted octanol–water partition coefficient (Wildman–Crippen LogP) is 2.83. The van der Waals surface area contributed by atoms with Crippen molar-refractivity contribution in [3.05, 3.63) is 35.6 Å². The van der Waals surface area contributed by atoms with Gasteiger partial charge in [0.2, 0.25) is 5.91 Å². The topological polar surface area (TPSA) is 86.7 Å². The number of amides is 2. The van der Waals surface area contributed by atoms with Crippen LogP contribution < -0.4 is 5.32 Å². The monoisotopic (exact) mass is 378 g/mol. The van der Waals surface area contributed by atoms with Crippen LogP contribution in [0.3, 0.4) is 0 Å². The van der Waals surface area contributed by atoms with Crippen LogP contribution in [0.5, 0.6) is 0 Å². The number of nitrogens with one attached hydrogen (secondary N) is 1. The molecule has 1 heterocycles. The average Bonchev–Trinajstić information content (AvgIpc) is 2.67. The molecular weight excluding hydrogens is 351 g/mol. The first kappa shape index (κ1) is 20.9. The van der Waals surface area contributed by atoms with E-state index in [0.717, 1.165) is 0 Å². The minimum atomic E-state index is -0.948. The molecule has 7 heteroatoms. The molecule has 1 unspecified atom stereocenters. The molecule has 2 rings (SSSR count). The Morgan fingerprint density at radius 2 is 1.85 bits per heavy atom. The van der Waals surface area contributed by atoms with Crippen LogP contribution in [0.2, 0.25) is 0 Å². The Kier molecular flexibility index (Phi) is 6.93. The highest BCUT2D eigenvalue weighted by Gasteiger charge is 2.35. The fourth-order valence-electron chi connectivity index (χ4n) is 3.52. The lowest BCUT2D eigenvalue weighted by molar-refractivity contribution is -0.139. The normalized spacial score (nSPS) is 17.4. The van der Waals surface area contributed by atoms with Gasteiger partial charge in [0.25, 0.3) is 5.91 Å². The predicted molar refractivity (Wildman–Crippen MR) is 98.7 cm³/mol. The van der Waals surface area contributed by atoms with Gasteiger partial charge < -0.3 is 15.3 Å². The lowest BCUT2D eigenvalue weighted by Crippen LogP contribution is -2.53. The average molecular weight is 378 g/mol. The molecule has 0 aromatic heterocycles. The number of rotatable bonds is 7. The first-order chi connectivity index (χ1) is 12.8. The van der Waals surface area contributed by atoms with Crippen LogP contribution >= 0.6 is 0 Å². The van der Waals surface area contributed by atoms with Crippen molar-refractivity contribution in [3.63, 3.8) is 0 Å². The van der Waals surface area contributed by atoms with Crippen LogP contribution in [-0.4, -0.2) is 46.4 Å². The lowest BCUT2D eigenvalue weighted by Gasteiger charge is -2.36. The maximum atomic E-state index is 13.1. The van der Waals surface area contributed by atoms with Crippen molar-refractivity contribution in [1.82, 2.24) is 10.2 Å². The van der Waals surface area contributed by atoms with E-state index in [9.17, 15) is 18.8 Å². The lowest BCUT2D eigenvalue weighted by atomic mass is 9.87. The third kappa shape index (κ3) is 5.28. The molecule has 0 saturated carbocycles. The molecule has 1 aromatic rings. The maximum Gasteiger partial charge on any atom is 0.305 e. The molecule has 148 valence electrons. The Morgan fingerprint density at radius 1 is 1.22 bits per heavy atom. The molecule has 6 nitrogen and oxygen atoms in total. The number of halogens is 1. The first-order valence-corrected chi connectivity index (χ1v) is 9.39. The van der Waals surface area contributed by atoms with E-state index in [1.165, 1.54) is 24.3 Å². The van der Waals surface area contributed by atoms with Gasteiger partial charge in [-0.25, -0.2) is 4.39 Å². The number of carbonyl (C=O) groups is 3. The van der Waals surface area contributed by atoms with E-state index in [-0.39, 0.29) is 30.7 Å².